The summed E-state index contributed by atoms with van der Waals surface area (Å²) in [6.07, 6.45) is 0. The third-order valence-corrected chi connectivity index (χ3v) is 3.35. The van der Waals surface area contributed by atoms with Crippen LogP contribution in [0.5, 0.6) is 11.5 Å². The number of methoxy groups -OCH3 is 1. The van der Waals surface area contributed by atoms with Crippen molar-refractivity contribution in [3.05, 3.63) is 59.7 Å². The summed E-state index contributed by atoms with van der Waals surface area (Å²) in [5.41, 5.74) is 1.26. The van der Waals surface area contributed by atoms with Gasteiger partial charge in [0.05, 0.1) is 13.7 Å². The molecular formula is C19H21NO5. The highest BCUT2D eigenvalue weighted by molar-refractivity contribution is 5.96. The van der Waals surface area contributed by atoms with E-state index in [2.05, 4.69) is 5.32 Å². The van der Waals surface area contributed by atoms with Crippen LogP contribution in [0.4, 0.5) is 0 Å². The predicted molar refractivity (Wildman–Crippen MR) is 92.7 cm³/mol. The molecule has 0 unspecified atom stereocenters. The summed E-state index contributed by atoms with van der Waals surface area (Å²) >= 11 is 0. The van der Waals surface area contributed by atoms with E-state index in [1.165, 1.54) is 0 Å². The van der Waals surface area contributed by atoms with Crippen LogP contribution in [0.1, 0.15) is 22.8 Å². The number of amides is 1. The molecule has 2 rings (SSSR count). The zero-order valence-electron chi connectivity index (χ0n) is 14.3. The molecule has 0 aliphatic heterocycles. The molecule has 0 aromatic heterocycles. The van der Waals surface area contributed by atoms with Gasteiger partial charge in [-0.15, -0.1) is 0 Å². The van der Waals surface area contributed by atoms with E-state index in [9.17, 15) is 9.59 Å². The van der Waals surface area contributed by atoms with Gasteiger partial charge in [-0.3, -0.25) is 9.59 Å². The monoisotopic (exact) mass is 343 g/mol. The van der Waals surface area contributed by atoms with E-state index in [4.69, 9.17) is 14.2 Å². The zero-order chi connectivity index (χ0) is 18.1. The molecule has 0 radical (unpaired) electrons. The van der Waals surface area contributed by atoms with E-state index in [-0.39, 0.29) is 19.1 Å². The van der Waals surface area contributed by atoms with Crippen LogP contribution in [0.15, 0.2) is 48.5 Å². The Morgan fingerprint density at radius 1 is 1.04 bits per heavy atom. The Balaban J connectivity index is 1.77. The lowest BCUT2D eigenvalue weighted by atomic mass is 10.2. The van der Waals surface area contributed by atoms with Gasteiger partial charge in [0.2, 0.25) is 0 Å². The lowest BCUT2D eigenvalue weighted by molar-refractivity contribution is -0.143. The van der Waals surface area contributed by atoms with Gasteiger partial charge in [0.15, 0.2) is 0 Å². The number of nitrogens with one attached hydrogen (secondary N) is 1. The van der Waals surface area contributed by atoms with Crippen LogP contribution in [0.2, 0.25) is 0 Å². The summed E-state index contributed by atoms with van der Waals surface area (Å²) in [4.78, 5) is 23.8. The van der Waals surface area contributed by atoms with E-state index in [0.717, 1.165) is 5.56 Å². The number of benzene rings is 2. The molecule has 6 nitrogen and oxygen atoms in total. The van der Waals surface area contributed by atoms with Gasteiger partial charge < -0.3 is 19.5 Å². The molecule has 0 spiro atoms. The fraction of sp³-hybridized carbons (Fsp3) is 0.263. The summed E-state index contributed by atoms with van der Waals surface area (Å²) in [6.45, 7) is 2.37. The number of hydrogen-bond donors (Lipinski definition) is 1. The second kappa shape index (κ2) is 9.32. The minimum absolute atomic E-state index is 0.120. The molecule has 0 aliphatic rings. The number of carbonyl (C=O) groups excluding carboxylic acids is 2. The summed E-state index contributed by atoms with van der Waals surface area (Å²) < 4.78 is 15.6. The second-order valence-corrected chi connectivity index (χ2v) is 5.15. The zero-order valence-corrected chi connectivity index (χ0v) is 14.3. The van der Waals surface area contributed by atoms with Crippen molar-refractivity contribution in [1.29, 1.82) is 0 Å². The fourth-order valence-corrected chi connectivity index (χ4v) is 2.10. The average Bonchev–Trinajstić information content (AvgIpc) is 2.65. The highest BCUT2D eigenvalue weighted by atomic mass is 16.5. The normalized spacial score (nSPS) is 10.0. The maximum absolute atomic E-state index is 12.0. The van der Waals surface area contributed by atoms with E-state index in [1.807, 2.05) is 25.1 Å². The molecule has 1 amide bonds. The molecule has 25 heavy (non-hydrogen) atoms. The minimum Gasteiger partial charge on any atom is -0.497 e. The van der Waals surface area contributed by atoms with Crippen LogP contribution >= 0.6 is 0 Å². The van der Waals surface area contributed by atoms with Gasteiger partial charge in [-0.05, 0) is 48.9 Å². The molecule has 0 atom stereocenters. The van der Waals surface area contributed by atoms with Gasteiger partial charge in [0.25, 0.3) is 5.91 Å². The smallest absolute Gasteiger partial charge is 0.325 e. The van der Waals surface area contributed by atoms with Crippen LogP contribution in [0.25, 0.3) is 0 Å². The number of ether oxygens (including phenoxy) is 3. The molecule has 132 valence electrons. The first-order valence-corrected chi connectivity index (χ1v) is 7.92. The molecule has 1 N–H and O–H groups in total. The highest BCUT2D eigenvalue weighted by Gasteiger charge is 2.09. The van der Waals surface area contributed by atoms with Crippen LogP contribution in [0.3, 0.4) is 0 Å². The van der Waals surface area contributed by atoms with Crippen molar-refractivity contribution < 1.29 is 23.8 Å². The van der Waals surface area contributed by atoms with Crippen molar-refractivity contribution >= 4 is 11.9 Å². The van der Waals surface area contributed by atoms with E-state index >= 15 is 0 Å². The highest BCUT2D eigenvalue weighted by Crippen LogP contribution is 2.13. The molecule has 0 saturated carbocycles. The second-order valence-electron chi connectivity index (χ2n) is 5.15. The number of rotatable bonds is 8. The Bertz CT molecular complexity index is 712. The fourth-order valence-electron chi connectivity index (χ4n) is 2.10. The number of hydrogen-bond acceptors (Lipinski definition) is 5. The lowest BCUT2D eigenvalue weighted by Crippen LogP contribution is -2.30. The van der Waals surface area contributed by atoms with Crippen LogP contribution in [-0.4, -0.2) is 32.1 Å². The molecule has 0 heterocycles. The summed E-state index contributed by atoms with van der Waals surface area (Å²) in [5, 5.41) is 2.53. The first-order chi connectivity index (χ1) is 12.1. The first kappa shape index (κ1) is 18.3. The Kier molecular flexibility index (Phi) is 6.83. The maximum atomic E-state index is 12.0. The number of carbonyl (C=O) groups is 2. The van der Waals surface area contributed by atoms with Crippen molar-refractivity contribution in [3.63, 3.8) is 0 Å². The van der Waals surface area contributed by atoms with Crippen molar-refractivity contribution in [3.8, 4) is 11.5 Å². The SMILES string of the molecule is CCOc1ccc(C(=O)NCC(=O)OCc2cccc(OC)c2)cc1. The van der Waals surface area contributed by atoms with Gasteiger partial charge >= 0.3 is 5.97 Å². The van der Waals surface area contributed by atoms with E-state index in [1.54, 1.807) is 37.4 Å². The average molecular weight is 343 g/mol. The van der Waals surface area contributed by atoms with Crippen molar-refractivity contribution in [2.45, 2.75) is 13.5 Å². The molecule has 0 fully saturated rings. The Labute approximate surface area is 146 Å². The third-order valence-electron chi connectivity index (χ3n) is 3.35. The molecule has 2 aromatic carbocycles. The van der Waals surface area contributed by atoms with Crippen molar-refractivity contribution in [2.75, 3.05) is 20.3 Å². The topological polar surface area (TPSA) is 73.9 Å². The van der Waals surface area contributed by atoms with Crippen molar-refractivity contribution in [1.82, 2.24) is 5.32 Å². The van der Waals surface area contributed by atoms with Crippen LogP contribution in [-0.2, 0) is 16.1 Å². The quantitative estimate of drug-likeness (QED) is 0.746. The predicted octanol–water partition coefficient (Wildman–Crippen LogP) is 2.57. The van der Waals surface area contributed by atoms with Gasteiger partial charge in [-0.2, -0.15) is 0 Å². The lowest BCUT2D eigenvalue weighted by Gasteiger charge is -2.08. The molecule has 0 bridgehead atoms. The largest absolute Gasteiger partial charge is 0.497 e. The Morgan fingerprint density at radius 3 is 2.48 bits per heavy atom. The molecule has 2 aromatic rings. The molecule has 6 heteroatoms. The van der Waals surface area contributed by atoms with Crippen LogP contribution < -0.4 is 14.8 Å². The summed E-state index contributed by atoms with van der Waals surface area (Å²) in [5.74, 6) is 0.526. The number of esters is 1. The van der Waals surface area contributed by atoms with E-state index in [0.29, 0.717) is 23.7 Å². The van der Waals surface area contributed by atoms with Gasteiger partial charge in [-0.1, -0.05) is 12.1 Å². The third kappa shape index (κ3) is 5.84. The van der Waals surface area contributed by atoms with Crippen LogP contribution in [0, 0.1) is 0 Å². The van der Waals surface area contributed by atoms with E-state index < -0.39 is 5.97 Å². The summed E-state index contributed by atoms with van der Waals surface area (Å²) in [6, 6.07) is 13.9. The van der Waals surface area contributed by atoms with Gasteiger partial charge in [-0.25, -0.2) is 0 Å². The summed E-state index contributed by atoms with van der Waals surface area (Å²) in [7, 11) is 1.57. The van der Waals surface area contributed by atoms with Gasteiger partial charge in [0.1, 0.15) is 24.7 Å². The maximum Gasteiger partial charge on any atom is 0.325 e. The van der Waals surface area contributed by atoms with Crippen molar-refractivity contribution in [2.24, 2.45) is 0 Å². The first-order valence-electron chi connectivity index (χ1n) is 7.92. The minimum atomic E-state index is -0.512. The molecular weight excluding hydrogens is 322 g/mol. The molecule has 0 saturated heterocycles. The molecule has 0 aliphatic carbocycles. The standard InChI is InChI=1S/C19H21NO5/c1-3-24-16-9-7-15(8-10-16)19(22)20-12-18(21)25-13-14-5-4-6-17(11-14)23-2/h4-11H,3,12-13H2,1-2H3,(H,20,22). The Hall–Kier alpha value is -3.02. The van der Waals surface area contributed by atoms with Gasteiger partial charge in [0, 0.05) is 5.56 Å². The Morgan fingerprint density at radius 2 is 1.80 bits per heavy atom.